The Morgan fingerprint density at radius 3 is 2.50 bits per heavy atom. The van der Waals surface area contributed by atoms with Crippen LogP contribution >= 0.6 is 15.9 Å². The van der Waals surface area contributed by atoms with Gasteiger partial charge in [-0.25, -0.2) is 0 Å². The summed E-state index contributed by atoms with van der Waals surface area (Å²) in [6, 6.07) is 0. The molecule has 0 amide bonds. The summed E-state index contributed by atoms with van der Waals surface area (Å²) >= 11 is 3.61. The van der Waals surface area contributed by atoms with Crippen LogP contribution in [0.25, 0.3) is 0 Å². The van der Waals surface area contributed by atoms with Gasteiger partial charge in [-0.3, -0.25) is 0 Å². The summed E-state index contributed by atoms with van der Waals surface area (Å²) in [5.41, 5.74) is 0.198. The molecule has 0 aromatic rings. The zero-order valence-electron chi connectivity index (χ0n) is 9.10. The van der Waals surface area contributed by atoms with Crippen LogP contribution in [-0.2, 0) is 4.74 Å². The molecule has 0 radical (unpaired) electrons. The molecule has 0 aliphatic heterocycles. The molecule has 82 valence electrons. The summed E-state index contributed by atoms with van der Waals surface area (Å²) in [5, 5.41) is 1.03. The van der Waals surface area contributed by atoms with Crippen molar-refractivity contribution in [2.75, 3.05) is 11.9 Å². The predicted octanol–water partition coefficient (Wildman–Crippen LogP) is 3.76. The van der Waals surface area contributed by atoms with Crippen LogP contribution in [0.5, 0.6) is 0 Å². The molecule has 1 unspecified atom stereocenters. The van der Waals surface area contributed by atoms with Gasteiger partial charge in [-0.2, -0.15) is 0 Å². The molecule has 2 aliphatic rings. The van der Waals surface area contributed by atoms with Crippen molar-refractivity contribution < 1.29 is 4.74 Å². The van der Waals surface area contributed by atoms with Gasteiger partial charge in [-0.15, -0.1) is 0 Å². The van der Waals surface area contributed by atoms with E-state index in [1.807, 2.05) is 0 Å². The number of hydrogen-bond acceptors (Lipinski definition) is 1. The maximum atomic E-state index is 6.16. The molecule has 0 bridgehead atoms. The van der Waals surface area contributed by atoms with E-state index >= 15 is 0 Å². The van der Waals surface area contributed by atoms with Crippen LogP contribution in [-0.4, -0.2) is 17.5 Å². The number of alkyl halides is 1. The highest BCUT2D eigenvalue weighted by molar-refractivity contribution is 9.09. The lowest BCUT2D eigenvalue weighted by Crippen LogP contribution is -2.33. The second-order valence-electron chi connectivity index (χ2n) is 5.15. The lowest BCUT2D eigenvalue weighted by molar-refractivity contribution is -0.0393. The van der Waals surface area contributed by atoms with Gasteiger partial charge >= 0.3 is 0 Å². The minimum Gasteiger partial charge on any atom is -0.374 e. The first-order chi connectivity index (χ1) is 6.76. The molecule has 2 aliphatic carbocycles. The lowest BCUT2D eigenvalue weighted by Gasteiger charge is -2.28. The van der Waals surface area contributed by atoms with Gasteiger partial charge in [0.25, 0.3) is 0 Å². The van der Waals surface area contributed by atoms with Crippen LogP contribution < -0.4 is 0 Å². The summed E-state index contributed by atoms with van der Waals surface area (Å²) in [7, 11) is 0. The van der Waals surface area contributed by atoms with Gasteiger partial charge in [0.15, 0.2) is 0 Å². The fourth-order valence-electron chi connectivity index (χ4n) is 2.45. The van der Waals surface area contributed by atoms with Crippen molar-refractivity contribution in [3.05, 3.63) is 0 Å². The molecular weight excluding hydrogens is 240 g/mol. The van der Waals surface area contributed by atoms with Crippen molar-refractivity contribution in [1.29, 1.82) is 0 Å². The van der Waals surface area contributed by atoms with E-state index in [4.69, 9.17) is 4.74 Å². The van der Waals surface area contributed by atoms with Crippen LogP contribution in [0.2, 0.25) is 0 Å². The Hall–Kier alpha value is 0.440. The second-order valence-corrected chi connectivity index (χ2v) is 5.71. The van der Waals surface area contributed by atoms with Gasteiger partial charge in [0.1, 0.15) is 0 Å². The first kappa shape index (κ1) is 10.9. The fourth-order valence-corrected chi connectivity index (χ4v) is 3.17. The second kappa shape index (κ2) is 4.52. The van der Waals surface area contributed by atoms with E-state index in [2.05, 4.69) is 22.9 Å². The molecule has 1 nitrogen and oxygen atoms in total. The maximum absolute atomic E-state index is 6.16. The third kappa shape index (κ3) is 2.52. The molecule has 0 aromatic carbocycles. The zero-order chi connectivity index (χ0) is 10.0. The topological polar surface area (TPSA) is 9.23 Å². The first-order valence-electron chi connectivity index (χ1n) is 5.96. The number of ether oxygens (including phenoxy) is 1. The van der Waals surface area contributed by atoms with Crippen LogP contribution in [0, 0.1) is 11.8 Å². The Kier molecular flexibility index (Phi) is 3.54. The van der Waals surface area contributed by atoms with Gasteiger partial charge in [0.05, 0.1) is 12.2 Å². The highest BCUT2D eigenvalue weighted by Gasteiger charge is 2.36. The van der Waals surface area contributed by atoms with E-state index in [0.717, 1.165) is 23.8 Å². The Labute approximate surface area is 95.7 Å². The van der Waals surface area contributed by atoms with E-state index in [1.165, 1.54) is 38.5 Å². The van der Waals surface area contributed by atoms with E-state index in [9.17, 15) is 0 Å². The summed E-state index contributed by atoms with van der Waals surface area (Å²) in [4.78, 5) is 0. The number of halogens is 1. The van der Waals surface area contributed by atoms with Crippen molar-refractivity contribution in [2.45, 2.75) is 51.0 Å². The summed E-state index contributed by atoms with van der Waals surface area (Å²) in [6.07, 6.45) is 8.09. The Balaban J connectivity index is 1.76. The molecule has 2 fully saturated rings. The molecule has 0 spiro atoms. The first-order valence-corrected chi connectivity index (χ1v) is 7.08. The monoisotopic (exact) mass is 260 g/mol. The van der Waals surface area contributed by atoms with Gasteiger partial charge in [0.2, 0.25) is 0 Å². The smallest absolute Gasteiger partial charge is 0.0779 e. The molecular formula is C12H21BrO. The molecule has 2 saturated carbocycles. The molecule has 0 aromatic heterocycles. The quantitative estimate of drug-likeness (QED) is 0.685. The molecule has 0 heterocycles. The number of rotatable bonds is 5. The Morgan fingerprint density at radius 2 is 2.00 bits per heavy atom. The average Bonchev–Trinajstić information content (AvgIpc) is 2.95. The Bertz CT molecular complexity index is 183. The lowest BCUT2D eigenvalue weighted by atomic mass is 10.0. The van der Waals surface area contributed by atoms with Crippen LogP contribution in [0.4, 0.5) is 0 Å². The van der Waals surface area contributed by atoms with Crippen molar-refractivity contribution in [3.63, 3.8) is 0 Å². The SMILES string of the molecule is CC(COC1(CBr)CCCC1)C1CC1. The van der Waals surface area contributed by atoms with Gasteiger partial charge in [-0.1, -0.05) is 35.7 Å². The predicted molar refractivity (Wildman–Crippen MR) is 62.8 cm³/mol. The molecule has 2 rings (SSSR count). The largest absolute Gasteiger partial charge is 0.374 e. The highest BCUT2D eigenvalue weighted by Crippen LogP contribution is 2.39. The third-order valence-corrected chi connectivity index (χ3v) is 4.86. The molecule has 1 atom stereocenters. The highest BCUT2D eigenvalue weighted by atomic mass is 79.9. The van der Waals surface area contributed by atoms with Crippen molar-refractivity contribution >= 4 is 15.9 Å². The number of hydrogen-bond donors (Lipinski definition) is 0. The van der Waals surface area contributed by atoms with Crippen LogP contribution in [0.1, 0.15) is 45.4 Å². The van der Waals surface area contributed by atoms with Gasteiger partial charge in [-0.05, 0) is 37.5 Å². The van der Waals surface area contributed by atoms with Crippen molar-refractivity contribution in [3.8, 4) is 0 Å². The summed E-state index contributed by atoms with van der Waals surface area (Å²) in [5.74, 6) is 1.76. The maximum Gasteiger partial charge on any atom is 0.0779 e. The minimum absolute atomic E-state index is 0.198. The molecule has 2 heteroatoms. The summed E-state index contributed by atoms with van der Waals surface area (Å²) in [6.45, 7) is 3.32. The van der Waals surface area contributed by atoms with Crippen LogP contribution in [0.15, 0.2) is 0 Å². The average molecular weight is 261 g/mol. The van der Waals surface area contributed by atoms with Gasteiger partial charge in [0, 0.05) is 5.33 Å². The van der Waals surface area contributed by atoms with E-state index in [-0.39, 0.29) is 5.60 Å². The molecule has 0 N–H and O–H groups in total. The zero-order valence-corrected chi connectivity index (χ0v) is 10.7. The standard InChI is InChI=1S/C12H21BrO/c1-10(11-4-5-11)8-14-12(9-13)6-2-3-7-12/h10-11H,2-9H2,1H3. The van der Waals surface area contributed by atoms with Crippen LogP contribution in [0.3, 0.4) is 0 Å². The summed E-state index contributed by atoms with van der Waals surface area (Å²) < 4.78 is 6.16. The van der Waals surface area contributed by atoms with Gasteiger partial charge < -0.3 is 4.74 Å². The van der Waals surface area contributed by atoms with E-state index in [1.54, 1.807) is 0 Å². The minimum atomic E-state index is 0.198. The van der Waals surface area contributed by atoms with Crippen molar-refractivity contribution in [2.24, 2.45) is 11.8 Å². The third-order valence-electron chi connectivity index (χ3n) is 3.84. The Morgan fingerprint density at radius 1 is 1.36 bits per heavy atom. The van der Waals surface area contributed by atoms with E-state index < -0.39 is 0 Å². The normalized spacial score (nSPS) is 27.9. The van der Waals surface area contributed by atoms with Crippen molar-refractivity contribution in [1.82, 2.24) is 0 Å². The molecule has 0 saturated heterocycles. The molecule has 14 heavy (non-hydrogen) atoms. The fraction of sp³-hybridized carbons (Fsp3) is 1.00. The van der Waals surface area contributed by atoms with E-state index in [0.29, 0.717) is 0 Å².